The zero-order valence-electron chi connectivity index (χ0n) is 12.9. The molecular formula is C17H17ClN2O3. The van der Waals surface area contributed by atoms with Crippen molar-refractivity contribution in [2.75, 3.05) is 25.6 Å². The molecule has 2 aromatic rings. The van der Waals surface area contributed by atoms with Gasteiger partial charge in [-0.25, -0.2) is 4.79 Å². The van der Waals surface area contributed by atoms with Gasteiger partial charge >= 0.3 is 5.97 Å². The van der Waals surface area contributed by atoms with E-state index in [2.05, 4.69) is 4.99 Å². The van der Waals surface area contributed by atoms with Gasteiger partial charge in [0.2, 0.25) is 0 Å². The summed E-state index contributed by atoms with van der Waals surface area (Å²) in [5.74, 6) is -0.713. The first-order valence-electron chi connectivity index (χ1n) is 6.91. The lowest BCUT2D eigenvalue weighted by Gasteiger charge is -2.11. The van der Waals surface area contributed by atoms with Crippen molar-refractivity contribution in [1.29, 1.82) is 0 Å². The highest BCUT2D eigenvalue weighted by Crippen LogP contribution is 2.25. The van der Waals surface area contributed by atoms with Crippen molar-refractivity contribution in [3.8, 4) is 5.75 Å². The number of halogens is 1. The largest absolute Gasteiger partial charge is 0.480 e. The molecule has 0 unspecified atom stereocenters. The predicted molar refractivity (Wildman–Crippen MR) is 92.6 cm³/mol. The van der Waals surface area contributed by atoms with Crippen LogP contribution in [-0.4, -0.2) is 38.0 Å². The molecule has 0 saturated heterocycles. The van der Waals surface area contributed by atoms with E-state index in [-0.39, 0.29) is 0 Å². The first-order valence-corrected chi connectivity index (χ1v) is 7.29. The molecule has 6 heteroatoms. The SMILES string of the molecule is CN(C)c1ccc(N=Cc2ccc(OCC(=O)O)c(Cl)c2)cc1. The second-order valence-corrected chi connectivity index (χ2v) is 5.45. The molecular weight excluding hydrogens is 316 g/mol. The second-order valence-electron chi connectivity index (χ2n) is 5.04. The van der Waals surface area contributed by atoms with E-state index in [1.54, 1.807) is 24.4 Å². The van der Waals surface area contributed by atoms with Crippen molar-refractivity contribution in [2.24, 2.45) is 4.99 Å². The zero-order valence-corrected chi connectivity index (χ0v) is 13.6. The minimum Gasteiger partial charge on any atom is -0.480 e. The average molecular weight is 333 g/mol. The van der Waals surface area contributed by atoms with Gasteiger partial charge in [0.1, 0.15) is 5.75 Å². The number of aliphatic imine (C=N–C) groups is 1. The standard InChI is InChI=1S/C17H17ClN2O3/c1-20(2)14-6-4-13(5-7-14)19-10-12-3-8-16(15(18)9-12)23-11-17(21)22/h3-10H,11H2,1-2H3,(H,21,22). The molecule has 0 radical (unpaired) electrons. The number of carboxylic acid groups (broad SMARTS) is 1. The van der Waals surface area contributed by atoms with Gasteiger partial charge in [-0.05, 0) is 48.0 Å². The summed E-state index contributed by atoms with van der Waals surface area (Å²) in [6.07, 6.45) is 1.69. The normalized spacial score (nSPS) is 10.7. The molecule has 120 valence electrons. The molecule has 0 aliphatic heterocycles. The van der Waals surface area contributed by atoms with Crippen LogP contribution < -0.4 is 9.64 Å². The number of anilines is 1. The molecule has 0 aliphatic carbocycles. The Morgan fingerprint density at radius 1 is 1.26 bits per heavy atom. The highest BCUT2D eigenvalue weighted by molar-refractivity contribution is 6.32. The molecule has 0 atom stereocenters. The number of benzene rings is 2. The maximum absolute atomic E-state index is 10.5. The highest BCUT2D eigenvalue weighted by Gasteiger charge is 2.04. The topological polar surface area (TPSA) is 62.1 Å². The van der Waals surface area contributed by atoms with E-state index in [1.807, 2.05) is 43.3 Å². The van der Waals surface area contributed by atoms with Gasteiger partial charge in [0, 0.05) is 26.0 Å². The van der Waals surface area contributed by atoms with E-state index in [0.717, 1.165) is 16.9 Å². The minimum atomic E-state index is -1.05. The number of hydrogen-bond donors (Lipinski definition) is 1. The van der Waals surface area contributed by atoms with Crippen LogP contribution in [0.5, 0.6) is 5.75 Å². The summed E-state index contributed by atoms with van der Waals surface area (Å²) in [5, 5.41) is 8.94. The lowest BCUT2D eigenvalue weighted by atomic mass is 10.2. The van der Waals surface area contributed by atoms with Crippen molar-refractivity contribution < 1.29 is 14.6 Å². The molecule has 0 spiro atoms. The third-order valence-electron chi connectivity index (χ3n) is 3.04. The van der Waals surface area contributed by atoms with E-state index in [4.69, 9.17) is 21.4 Å². The van der Waals surface area contributed by atoms with Gasteiger partial charge < -0.3 is 14.7 Å². The van der Waals surface area contributed by atoms with Crippen LogP contribution in [0, 0.1) is 0 Å². The van der Waals surface area contributed by atoms with Crippen molar-refractivity contribution in [2.45, 2.75) is 0 Å². The minimum absolute atomic E-state index is 0.335. The van der Waals surface area contributed by atoms with Crippen LogP contribution in [0.2, 0.25) is 5.02 Å². The van der Waals surface area contributed by atoms with Crippen LogP contribution in [0.4, 0.5) is 11.4 Å². The Morgan fingerprint density at radius 2 is 1.96 bits per heavy atom. The number of rotatable bonds is 6. The summed E-state index contributed by atoms with van der Waals surface area (Å²) in [6, 6.07) is 12.9. The van der Waals surface area contributed by atoms with Gasteiger partial charge in [-0.15, -0.1) is 0 Å². The van der Waals surface area contributed by atoms with Crippen LogP contribution in [0.15, 0.2) is 47.5 Å². The van der Waals surface area contributed by atoms with E-state index in [1.165, 1.54) is 0 Å². The highest BCUT2D eigenvalue weighted by atomic mass is 35.5. The molecule has 0 aromatic heterocycles. The number of nitrogens with zero attached hydrogens (tertiary/aromatic N) is 2. The van der Waals surface area contributed by atoms with Crippen LogP contribution in [0.25, 0.3) is 0 Å². The van der Waals surface area contributed by atoms with Crippen molar-refractivity contribution in [1.82, 2.24) is 0 Å². The molecule has 0 heterocycles. The number of carbonyl (C=O) groups is 1. The second kappa shape index (κ2) is 7.65. The lowest BCUT2D eigenvalue weighted by Crippen LogP contribution is -2.09. The maximum Gasteiger partial charge on any atom is 0.341 e. The quantitative estimate of drug-likeness (QED) is 0.821. The molecule has 2 rings (SSSR count). The molecule has 23 heavy (non-hydrogen) atoms. The van der Waals surface area contributed by atoms with Crippen LogP contribution in [0.1, 0.15) is 5.56 Å². The Balaban J connectivity index is 2.07. The molecule has 0 bridgehead atoms. The first-order chi connectivity index (χ1) is 11.0. The van der Waals surface area contributed by atoms with Crippen molar-refractivity contribution in [3.63, 3.8) is 0 Å². The fourth-order valence-corrected chi connectivity index (χ4v) is 2.08. The Morgan fingerprint density at radius 3 is 2.52 bits per heavy atom. The smallest absolute Gasteiger partial charge is 0.341 e. The van der Waals surface area contributed by atoms with Gasteiger partial charge in [0.05, 0.1) is 10.7 Å². The molecule has 5 nitrogen and oxygen atoms in total. The van der Waals surface area contributed by atoms with Gasteiger partial charge in [-0.3, -0.25) is 4.99 Å². The summed E-state index contributed by atoms with van der Waals surface area (Å²) in [5.41, 5.74) is 2.74. The van der Waals surface area contributed by atoms with Crippen molar-refractivity contribution in [3.05, 3.63) is 53.1 Å². The molecule has 1 N–H and O–H groups in total. The molecule has 0 saturated carbocycles. The van der Waals surface area contributed by atoms with Crippen molar-refractivity contribution >= 4 is 35.2 Å². The van der Waals surface area contributed by atoms with Gasteiger partial charge in [0.15, 0.2) is 6.61 Å². The Labute approximate surface area is 139 Å². The van der Waals surface area contributed by atoms with E-state index in [9.17, 15) is 4.79 Å². The lowest BCUT2D eigenvalue weighted by molar-refractivity contribution is -0.139. The molecule has 0 aliphatic rings. The zero-order chi connectivity index (χ0) is 16.8. The molecule has 0 fully saturated rings. The number of carboxylic acids is 1. The Kier molecular flexibility index (Phi) is 5.60. The number of hydrogen-bond acceptors (Lipinski definition) is 4. The fraction of sp³-hybridized carbons (Fsp3) is 0.176. The van der Waals surface area contributed by atoms with Gasteiger partial charge in [-0.2, -0.15) is 0 Å². The average Bonchev–Trinajstić information content (AvgIpc) is 2.52. The molecule has 0 amide bonds. The Hall–Kier alpha value is -2.53. The summed E-state index contributed by atoms with van der Waals surface area (Å²) in [7, 11) is 3.96. The predicted octanol–water partition coefficient (Wildman–Crippen LogP) is 3.62. The van der Waals surface area contributed by atoms with Gasteiger partial charge in [0.25, 0.3) is 0 Å². The van der Waals surface area contributed by atoms with Gasteiger partial charge in [-0.1, -0.05) is 11.6 Å². The maximum atomic E-state index is 10.5. The third-order valence-corrected chi connectivity index (χ3v) is 3.33. The van der Waals surface area contributed by atoms with E-state index >= 15 is 0 Å². The summed E-state index contributed by atoms with van der Waals surface area (Å²) in [4.78, 5) is 16.9. The van der Waals surface area contributed by atoms with Crippen LogP contribution in [0.3, 0.4) is 0 Å². The number of ether oxygens (including phenoxy) is 1. The Bertz CT molecular complexity index is 712. The van der Waals surface area contributed by atoms with E-state index in [0.29, 0.717) is 10.8 Å². The summed E-state index contributed by atoms with van der Waals surface area (Å²) < 4.78 is 5.07. The monoisotopic (exact) mass is 332 g/mol. The summed E-state index contributed by atoms with van der Waals surface area (Å²) >= 11 is 6.07. The number of aliphatic carboxylic acids is 1. The third kappa shape index (κ3) is 5.00. The summed E-state index contributed by atoms with van der Waals surface area (Å²) in [6.45, 7) is -0.425. The first kappa shape index (κ1) is 16.8. The molecule has 2 aromatic carbocycles. The van der Waals surface area contributed by atoms with E-state index < -0.39 is 12.6 Å². The fourth-order valence-electron chi connectivity index (χ4n) is 1.84. The van der Waals surface area contributed by atoms with Crippen LogP contribution >= 0.6 is 11.6 Å². The van der Waals surface area contributed by atoms with Crippen LogP contribution in [-0.2, 0) is 4.79 Å².